The van der Waals surface area contributed by atoms with Gasteiger partial charge in [-0.05, 0) is 26.0 Å². The monoisotopic (exact) mass is 251 g/mol. The summed E-state index contributed by atoms with van der Waals surface area (Å²) in [6, 6.07) is 5.58. The SMILES string of the molecule is COc1ccc(C(=N)N)c(N(CCO)C(C)C)c1. The molecule has 0 fully saturated rings. The topological polar surface area (TPSA) is 82.6 Å². The second kappa shape index (κ2) is 6.26. The van der Waals surface area contributed by atoms with Crippen molar-refractivity contribution in [3.8, 4) is 5.75 Å². The predicted octanol–water partition coefficient (Wildman–Crippen LogP) is 1.19. The van der Waals surface area contributed by atoms with Crippen molar-refractivity contribution in [1.29, 1.82) is 5.41 Å². The number of nitrogens with one attached hydrogen (secondary N) is 1. The van der Waals surface area contributed by atoms with Crippen LogP contribution in [0.4, 0.5) is 5.69 Å². The van der Waals surface area contributed by atoms with Gasteiger partial charge in [0.05, 0.1) is 19.4 Å². The number of amidine groups is 1. The van der Waals surface area contributed by atoms with E-state index in [4.69, 9.17) is 21.0 Å². The third-order valence-electron chi connectivity index (χ3n) is 2.77. The molecule has 5 nitrogen and oxygen atoms in total. The summed E-state index contributed by atoms with van der Waals surface area (Å²) < 4.78 is 5.20. The highest BCUT2D eigenvalue weighted by Gasteiger charge is 2.16. The number of nitrogens with two attached hydrogens (primary N) is 1. The molecular weight excluding hydrogens is 230 g/mol. The van der Waals surface area contributed by atoms with Gasteiger partial charge in [0, 0.05) is 24.2 Å². The number of aliphatic hydroxyl groups is 1. The Bertz CT molecular complexity index is 419. The number of aliphatic hydroxyl groups excluding tert-OH is 1. The fraction of sp³-hybridized carbons (Fsp3) is 0.462. The molecule has 0 aromatic heterocycles. The third kappa shape index (κ3) is 3.13. The molecule has 0 saturated heterocycles. The van der Waals surface area contributed by atoms with Crippen molar-refractivity contribution >= 4 is 11.5 Å². The Morgan fingerprint density at radius 2 is 2.17 bits per heavy atom. The summed E-state index contributed by atoms with van der Waals surface area (Å²) >= 11 is 0. The molecule has 0 saturated carbocycles. The van der Waals surface area contributed by atoms with Crippen molar-refractivity contribution in [3.05, 3.63) is 23.8 Å². The molecule has 1 aromatic carbocycles. The lowest BCUT2D eigenvalue weighted by Crippen LogP contribution is -2.35. The van der Waals surface area contributed by atoms with E-state index in [0.717, 1.165) is 5.69 Å². The lowest BCUT2D eigenvalue weighted by Gasteiger charge is -2.30. The highest BCUT2D eigenvalue weighted by molar-refractivity contribution is 6.00. The summed E-state index contributed by atoms with van der Waals surface area (Å²) in [5.74, 6) is 0.717. The quantitative estimate of drug-likeness (QED) is 0.524. The fourth-order valence-electron chi connectivity index (χ4n) is 1.87. The Morgan fingerprint density at radius 3 is 2.61 bits per heavy atom. The maximum absolute atomic E-state index is 9.15. The maximum Gasteiger partial charge on any atom is 0.124 e. The van der Waals surface area contributed by atoms with Gasteiger partial charge in [0.2, 0.25) is 0 Å². The van der Waals surface area contributed by atoms with Gasteiger partial charge in [-0.2, -0.15) is 0 Å². The van der Waals surface area contributed by atoms with Gasteiger partial charge >= 0.3 is 0 Å². The Labute approximate surface area is 108 Å². The first-order chi connectivity index (χ1) is 8.51. The normalized spacial score (nSPS) is 10.5. The largest absolute Gasteiger partial charge is 0.497 e. The smallest absolute Gasteiger partial charge is 0.124 e. The molecule has 0 radical (unpaired) electrons. The first-order valence-corrected chi connectivity index (χ1v) is 5.91. The van der Waals surface area contributed by atoms with E-state index in [9.17, 15) is 0 Å². The van der Waals surface area contributed by atoms with Gasteiger partial charge in [-0.15, -0.1) is 0 Å². The number of anilines is 1. The fourth-order valence-corrected chi connectivity index (χ4v) is 1.87. The summed E-state index contributed by atoms with van der Waals surface area (Å²) in [7, 11) is 1.60. The van der Waals surface area contributed by atoms with E-state index in [0.29, 0.717) is 17.9 Å². The number of nitrogens with zero attached hydrogens (tertiary/aromatic N) is 1. The average molecular weight is 251 g/mol. The number of benzene rings is 1. The summed E-state index contributed by atoms with van der Waals surface area (Å²) in [6.07, 6.45) is 0. The summed E-state index contributed by atoms with van der Waals surface area (Å²) in [6.45, 7) is 4.59. The maximum atomic E-state index is 9.15. The highest BCUT2D eigenvalue weighted by atomic mass is 16.5. The standard InChI is InChI=1S/C13H21N3O2/c1-9(2)16(6-7-17)12-8-10(18-3)4-5-11(12)13(14)15/h4-5,8-9,17H,6-7H2,1-3H3,(H3,14,15). The average Bonchev–Trinajstić information content (AvgIpc) is 2.34. The number of ether oxygens (including phenoxy) is 1. The number of methoxy groups -OCH3 is 1. The molecular formula is C13H21N3O2. The van der Waals surface area contributed by atoms with Gasteiger partial charge in [0.1, 0.15) is 11.6 Å². The zero-order valence-electron chi connectivity index (χ0n) is 11.1. The zero-order chi connectivity index (χ0) is 13.7. The molecule has 18 heavy (non-hydrogen) atoms. The Balaban J connectivity index is 3.27. The lowest BCUT2D eigenvalue weighted by molar-refractivity contribution is 0.299. The van der Waals surface area contributed by atoms with Crippen LogP contribution in [0, 0.1) is 5.41 Å². The lowest BCUT2D eigenvalue weighted by atomic mass is 10.1. The van der Waals surface area contributed by atoms with Crippen LogP contribution in [0.5, 0.6) is 5.75 Å². The summed E-state index contributed by atoms with van der Waals surface area (Å²) in [5, 5.41) is 16.8. The highest BCUT2D eigenvalue weighted by Crippen LogP contribution is 2.27. The Morgan fingerprint density at radius 1 is 1.50 bits per heavy atom. The molecule has 100 valence electrons. The summed E-state index contributed by atoms with van der Waals surface area (Å²) in [4.78, 5) is 2.00. The van der Waals surface area contributed by atoms with E-state index in [-0.39, 0.29) is 18.5 Å². The minimum atomic E-state index is 0.0104. The number of hydrogen-bond donors (Lipinski definition) is 3. The van der Waals surface area contributed by atoms with Crippen LogP contribution in [0.1, 0.15) is 19.4 Å². The van der Waals surface area contributed by atoms with E-state index in [1.165, 1.54) is 0 Å². The second-order valence-corrected chi connectivity index (χ2v) is 4.31. The van der Waals surface area contributed by atoms with Crippen LogP contribution in [-0.4, -0.2) is 37.2 Å². The van der Waals surface area contributed by atoms with Crippen LogP contribution in [-0.2, 0) is 0 Å². The predicted molar refractivity (Wildman–Crippen MR) is 73.6 cm³/mol. The van der Waals surface area contributed by atoms with E-state index in [2.05, 4.69) is 0 Å². The number of nitrogen functional groups attached to an aromatic ring is 1. The van der Waals surface area contributed by atoms with Crippen molar-refractivity contribution in [3.63, 3.8) is 0 Å². The van der Waals surface area contributed by atoms with Gasteiger partial charge in [-0.1, -0.05) is 0 Å². The summed E-state index contributed by atoms with van der Waals surface area (Å²) in [5.41, 5.74) is 7.06. The molecule has 0 bridgehead atoms. The molecule has 0 aliphatic heterocycles. The van der Waals surface area contributed by atoms with Crippen LogP contribution < -0.4 is 15.4 Å². The van der Waals surface area contributed by atoms with Crippen molar-refractivity contribution in [1.82, 2.24) is 0 Å². The molecule has 5 heteroatoms. The van der Waals surface area contributed by atoms with E-state index in [1.807, 2.05) is 24.8 Å². The van der Waals surface area contributed by atoms with E-state index < -0.39 is 0 Å². The molecule has 0 atom stereocenters. The molecule has 4 N–H and O–H groups in total. The number of hydrogen-bond acceptors (Lipinski definition) is 4. The molecule has 0 aliphatic carbocycles. The van der Waals surface area contributed by atoms with E-state index >= 15 is 0 Å². The minimum absolute atomic E-state index is 0.0104. The Kier molecular flexibility index (Phi) is 4.97. The van der Waals surface area contributed by atoms with Gasteiger partial charge in [0.25, 0.3) is 0 Å². The molecule has 1 aromatic rings. The van der Waals surface area contributed by atoms with Crippen molar-refractivity contribution in [2.75, 3.05) is 25.2 Å². The Hall–Kier alpha value is -1.75. The van der Waals surface area contributed by atoms with Crippen LogP contribution in [0.25, 0.3) is 0 Å². The minimum Gasteiger partial charge on any atom is -0.497 e. The first kappa shape index (κ1) is 14.3. The first-order valence-electron chi connectivity index (χ1n) is 5.91. The van der Waals surface area contributed by atoms with Crippen molar-refractivity contribution < 1.29 is 9.84 Å². The molecule has 0 aliphatic rings. The van der Waals surface area contributed by atoms with Crippen LogP contribution >= 0.6 is 0 Å². The zero-order valence-corrected chi connectivity index (χ0v) is 11.1. The van der Waals surface area contributed by atoms with Gasteiger partial charge in [-0.25, -0.2) is 0 Å². The molecule has 0 unspecified atom stereocenters. The molecule has 0 heterocycles. The van der Waals surface area contributed by atoms with Crippen LogP contribution in [0.2, 0.25) is 0 Å². The molecule has 1 rings (SSSR count). The van der Waals surface area contributed by atoms with E-state index in [1.54, 1.807) is 19.2 Å². The van der Waals surface area contributed by atoms with Gasteiger partial charge in [0.15, 0.2) is 0 Å². The van der Waals surface area contributed by atoms with Crippen LogP contribution in [0.3, 0.4) is 0 Å². The van der Waals surface area contributed by atoms with Gasteiger partial charge < -0.3 is 20.5 Å². The van der Waals surface area contributed by atoms with Gasteiger partial charge in [-0.3, -0.25) is 5.41 Å². The number of rotatable bonds is 6. The van der Waals surface area contributed by atoms with Crippen LogP contribution in [0.15, 0.2) is 18.2 Å². The van der Waals surface area contributed by atoms with Crippen molar-refractivity contribution in [2.45, 2.75) is 19.9 Å². The second-order valence-electron chi connectivity index (χ2n) is 4.31. The third-order valence-corrected chi connectivity index (χ3v) is 2.77. The molecule has 0 spiro atoms. The molecule has 0 amide bonds. The van der Waals surface area contributed by atoms with Crippen molar-refractivity contribution in [2.24, 2.45) is 5.73 Å².